The van der Waals surface area contributed by atoms with Crippen LogP contribution in [0.1, 0.15) is 44.6 Å². The molecule has 30 heavy (non-hydrogen) atoms. The summed E-state index contributed by atoms with van der Waals surface area (Å²) in [5.74, 6) is 2.66. The lowest BCUT2D eigenvalue weighted by molar-refractivity contribution is 0.0131. The zero-order valence-corrected chi connectivity index (χ0v) is 18.5. The van der Waals surface area contributed by atoms with Crippen molar-refractivity contribution in [2.24, 2.45) is 17.3 Å². The summed E-state index contributed by atoms with van der Waals surface area (Å²) in [4.78, 5) is 4.95. The van der Waals surface area contributed by atoms with Crippen molar-refractivity contribution in [2.75, 3.05) is 37.6 Å². The van der Waals surface area contributed by atoms with Gasteiger partial charge in [0.1, 0.15) is 0 Å². The predicted molar refractivity (Wildman–Crippen MR) is 121 cm³/mol. The van der Waals surface area contributed by atoms with Gasteiger partial charge in [0.15, 0.2) is 5.76 Å². The molecule has 5 rings (SSSR count). The average molecular weight is 409 g/mol. The Morgan fingerprint density at radius 1 is 1.10 bits per heavy atom. The SMILES string of the molecule is CC1(C)[C@H](Cc2cc(CN3CCN(c4ccccc4)CC3)on2)C[C@@H]1NCC1CC1. The summed E-state index contributed by atoms with van der Waals surface area (Å²) in [5.41, 5.74) is 2.81. The standard InChI is InChI=1S/C25H36N4O/c1-25(2)20(15-24(25)26-17-19-8-9-19)14-21-16-23(30-27-21)18-28-10-12-29(13-11-28)22-6-4-3-5-7-22/h3-7,16,19-20,24,26H,8-15,17-18H2,1-2H3/t20-,24+/m1/s1. The Bertz CT molecular complexity index is 821. The van der Waals surface area contributed by atoms with Crippen molar-refractivity contribution in [3.63, 3.8) is 0 Å². The Labute approximate surface area is 180 Å². The van der Waals surface area contributed by atoms with Crippen LogP contribution in [0.15, 0.2) is 40.9 Å². The van der Waals surface area contributed by atoms with Crippen LogP contribution in [0.5, 0.6) is 0 Å². The maximum atomic E-state index is 5.71. The highest BCUT2D eigenvalue weighted by atomic mass is 16.5. The normalized spacial score (nSPS) is 26.5. The van der Waals surface area contributed by atoms with Crippen molar-refractivity contribution < 1.29 is 4.52 Å². The van der Waals surface area contributed by atoms with Crippen molar-refractivity contribution in [3.05, 3.63) is 47.9 Å². The van der Waals surface area contributed by atoms with Crippen LogP contribution in [0, 0.1) is 17.3 Å². The highest BCUT2D eigenvalue weighted by Gasteiger charge is 2.48. The average Bonchev–Trinajstić information content (AvgIpc) is 3.49. The quantitative estimate of drug-likeness (QED) is 0.716. The minimum absolute atomic E-state index is 0.349. The van der Waals surface area contributed by atoms with E-state index in [1.54, 1.807) is 0 Å². The molecule has 0 unspecified atom stereocenters. The second-order valence-electron chi connectivity index (χ2n) is 10.2. The first-order valence-electron chi connectivity index (χ1n) is 11.8. The third-order valence-electron chi connectivity index (χ3n) is 7.76. The second kappa shape index (κ2) is 8.35. The third-order valence-corrected chi connectivity index (χ3v) is 7.76. The van der Waals surface area contributed by atoms with Crippen molar-refractivity contribution in [3.8, 4) is 0 Å². The largest absolute Gasteiger partial charge is 0.369 e. The molecule has 0 spiro atoms. The first kappa shape index (κ1) is 20.1. The molecule has 2 aromatic rings. The Balaban J connectivity index is 1.08. The molecule has 1 aliphatic heterocycles. The molecular formula is C25H36N4O. The fourth-order valence-electron chi connectivity index (χ4n) is 5.14. The molecule has 2 aliphatic carbocycles. The number of anilines is 1. The highest BCUT2D eigenvalue weighted by molar-refractivity contribution is 5.46. The van der Waals surface area contributed by atoms with E-state index >= 15 is 0 Å². The van der Waals surface area contributed by atoms with E-state index in [1.807, 2.05) is 0 Å². The van der Waals surface area contributed by atoms with Crippen LogP contribution in [0.3, 0.4) is 0 Å². The van der Waals surface area contributed by atoms with Crippen LogP contribution in [0.2, 0.25) is 0 Å². The van der Waals surface area contributed by atoms with Crippen molar-refractivity contribution in [2.45, 2.75) is 52.1 Å². The summed E-state index contributed by atoms with van der Waals surface area (Å²) in [7, 11) is 0. The molecule has 1 aromatic carbocycles. The molecule has 5 nitrogen and oxygen atoms in total. The molecule has 0 amide bonds. The van der Waals surface area contributed by atoms with Gasteiger partial charge in [-0.1, -0.05) is 37.2 Å². The smallest absolute Gasteiger partial charge is 0.150 e. The maximum absolute atomic E-state index is 5.71. The van der Waals surface area contributed by atoms with Crippen molar-refractivity contribution >= 4 is 5.69 Å². The van der Waals surface area contributed by atoms with E-state index in [0.717, 1.165) is 56.5 Å². The summed E-state index contributed by atoms with van der Waals surface area (Å²) in [6, 6.07) is 13.6. The lowest BCUT2D eigenvalue weighted by Gasteiger charge is -2.52. The number of nitrogens with one attached hydrogen (secondary N) is 1. The summed E-state index contributed by atoms with van der Waals surface area (Å²) in [6.07, 6.45) is 5.16. The van der Waals surface area contributed by atoms with E-state index in [4.69, 9.17) is 4.52 Å². The zero-order valence-electron chi connectivity index (χ0n) is 18.5. The summed E-state index contributed by atoms with van der Waals surface area (Å²) in [6.45, 7) is 11.2. The fraction of sp³-hybridized carbons (Fsp3) is 0.640. The fourth-order valence-corrected chi connectivity index (χ4v) is 5.14. The van der Waals surface area contributed by atoms with Gasteiger partial charge in [0.25, 0.3) is 0 Å². The van der Waals surface area contributed by atoms with Crippen LogP contribution < -0.4 is 10.2 Å². The molecular weight excluding hydrogens is 372 g/mol. The van der Waals surface area contributed by atoms with Gasteiger partial charge in [-0.25, -0.2) is 0 Å². The molecule has 2 saturated carbocycles. The van der Waals surface area contributed by atoms with E-state index in [1.165, 1.54) is 31.5 Å². The van der Waals surface area contributed by atoms with Crippen molar-refractivity contribution in [1.82, 2.24) is 15.4 Å². The van der Waals surface area contributed by atoms with Gasteiger partial charge in [-0.05, 0) is 61.6 Å². The number of para-hydroxylation sites is 1. The molecule has 3 aliphatic rings. The molecule has 2 heterocycles. The van der Waals surface area contributed by atoms with Crippen LogP contribution in [0.25, 0.3) is 0 Å². The topological polar surface area (TPSA) is 44.5 Å². The van der Waals surface area contributed by atoms with Crippen LogP contribution in [-0.4, -0.2) is 48.8 Å². The van der Waals surface area contributed by atoms with Gasteiger partial charge in [-0.2, -0.15) is 0 Å². The molecule has 162 valence electrons. The monoisotopic (exact) mass is 408 g/mol. The van der Waals surface area contributed by atoms with Crippen LogP contribution in [-0.2, 0) is 13.0 Å². The Hall–Kier alpha value is -1.85. The minimum atomic E-state index is 0.349. The van der Waals surface area contributed by atoms with E-state index in [0.29, 0.717) is 17.4 Å². The lowest BCUT2D eigenvalue weighted by Crippen LogP contribution is -2.57. The van der Waals surface area contributed by atoms with E-state index < -0.39 is 0 Å². The molecule has 3 fully saturated rings. The van der Waals surface area contributed by atoms with Gasteiger partial charge < -0.3 is 14.7 Å². The van der Waals surface area contributed by atoms with Crippen LogP contribution >= 0.6 is 0 Å². The molecule has 0 bridgehead atoms. The molecule has 1 aromatic heterocycles. The Morgan fingerprint density at radius 2 is 1.87 bits per heavy atom. The van der Waals surface area contributed by atoms with Crippen LogP contribution in [0.4, 0.5) is 5.69 Å². The van der Waals surface area contributed by atoms with Gasteiger partial charge in [-0.15, -0.1) is 0 Å². The van der Waals surface area contributed by atoms with Gasteiger partial charge in [-0.3, -0.25) is 4.90 Å². The van der Waals surface area contributed by atoms with E-state index in [2.05, 4.69) is 70.5 Å². The summed E-state index contributed by atoms with van der Waals surface area (Å²) in [5, 5.41) is 8.22. The van der Waals surface area contributed by atoms with E-state index in [9.17, 15) is 0 Å². The van der Waals surface area contributed by atoms with E-state index in [-0.39, 0.29) is 0 Å². The van der Waals surface area contributed by atoms with Gasteiger partial charge in [0.05, 0.1) is 12.2 Å². The van der Waals surface area contributed by atoms with Gasteiger partial charge in [0.2, 0.25) is 0 Å². The Morgan fingerprint density at radius 3 is 2.57 bits per heavy atom. The highest BCUT2D eigenvalue weighted by Crippen LogP contribution is 2.48. The lowest BCUT2D eigenvalue weighted by atomic mass is 9.57. The number of aromatic nitrogens is 1. The molecule has 5 heteroatoms. The molecule has 1 N–H and O–H groups in total. The summed E-state index contributed by atoms with van der Waals surface area (Å²) >= 11 is 0. The first-order valence-corrected chi connectivity index (χ1v) is 11.8. The number of hydrogen-bond acceptors (Lipinski definition) is 5. The first-order chi connectivity index (χ1) is 14.6. The Kier molecular flexibility index (Phi) is 5.59. The predicted octanol–water partition coefficient (Wildman–Crippen LogP) is 3.95. The number of rotatable bonds is 8. The number of hydrogen-bond donors (Lipinski definition) is 1. The third kappa shape index (κ3) is 4.42. The summed E-state index contributed by atoms with van der Waals surface area (Å²) < 4.78 is 5.71. The maximum Gasteiger partial charge on any atom is 0.150 e. The van der Waals surface area contributed by atoms with Crippen molar-refractivity contribution in [1.29, 1.82) is 0 Å². The second-order valence-corrected chi connectivity index (χ2v) is 10.2. The van der Waals surface area contributed by atoms with Gasteiger partial charge >= 0.3 is 0 Å². The minimum Gasteiger partial charge on any atom is -0.369 e. The number of benzene rings is 1. The molecule has 1 saturated heterocycles. The number of piperazine rings is 1. The molecule has 2 atom stereocenters. The van der Waals surface area contributed by atoms with Gasteiger partial charge in [0, 0.05) is 44.0 Å². The molecule has 0 radical (unpaired) electrons. The number of nitrogens with zero attached hydrogens (tertiary/aromatic N) is 3. The zero-order chi connectivity index (χ0) is 20.6.